The summed E-state index contributed by atoms with van der Waals surface area (Å²) in [5, 5.41) is 10.9. The molecule has 0 spiro atoms. The number of pyridine rings is 1. The second-order valence-corrected chi connectivity index (χ2v) is 4.32. The predicted octanol–water partition coefficient (Wildman–Crippen LogP) is 2.59. The highest BCUT2D eigenvalue weighted by atomic mass is 16.6. The predicted molar refractivity (Wildman–Crippen MR) is 74.9 cm³/mol. The number of nitrogens with zero attached hydrogens (tertiary/aromatic N) is 2. The fourth-order valence-electron chi connectivity index (χ4n) is 1.74. The minimum atomic E-state index is -0.509. The van der Waals surface area contributed by atoms with Gasteiger partial charge in [-0.05, 0) is 43.7 Å². The molecule has 2 aromatic rings. The number of hydrogen-bond donors (Lipinski definition) is 1. The van der Waals surface area contributed by atoms with E-state index in [0.29, 0.717) is 18.0 Å². The van der Waals surface area contributed by atoms with Gasteiger partial charge in [-0.2, -0.15) is 0 Å². The Morgan fingerprint density at radius 1 is 1.25 bits per heavy atom. The fourth-order valence-corrected chi connectivity index (χ4v) is 1.74. The average Bonchev–Trinajstić information content (AvgIpc) is 2.41. The first-order valence-electron chi connectivity index (χ1n) is 6.19. The zero-order valence-corrected chi connectivity index (χ0v) is 11.1. The lowest BCUT2D eigenvalue weighted by molar-refractivity contribution is -0.386. The van der Waals surface area contributed by atoms with Gasteiger partial charge in [-0.15, -0.1) is 0 Å². The first-order valence-corrected chi connectivity index (χ1v) is 6.19. The summed E-state index contributed by atoms with van der Waals surface area (Å²) in [6.07, 6.45) is 0.781. The number of aromatic nitrogens is 1. The molecule has 0 amide bonds. The summed E-state index contributed by atoms with van der Waals surface area (Å²) in [5.74, 6) is 0.508. The van der Waals surface area contributed by atoms with Crippen LogP contribution in [0.15, 0.2) is 36.4 Å². The van der Waals surface area contributed by atoms with Crippen LogP contribution in [0.5, 0.6) is 11.6 Å². The highest BCUT2D eigenvalue weighted by molar-refractivity contribution is 5.44. The molecule has 0 fully saturated rings. The lowest BCUT2D eigenvalue weighted by atomic mass is 10.1. The zero-order valence-electron chi connectivity index (χ0n) is 11.1. The Balaban J connectivity index is 2.25. The molecular formula is C14H15N3O3. The Bertz CT molecular complexity index is 612. The van der Waals surface area contributed by atoms with Crippen molar-refractivity contribution >= 4 is 5.69 Å². The molecule has 104 valence electrons. The molecule has 0 saturated heterocycles. The van der Waals surface area contributed by atoms with E-state index in [4.69, 9.17) is 10.5 Å². The van der Waals surface area contributed by atoms with Gasteiger partial charge in [0.1, 0.15) is 5.75 Å². The summed E-state index contributed by atoms with van der Waals surface area (Å²) < 4.78 is 5.50. The first-order chi connectivity index (χ1) is 9.60. The van der Waals surface area contributed by atoms with Gasteiger partial charge < -0.3 is 10.5 Å². The Hall–Kier alpha value is -2.47. The van der Waals surface area contributed by atoms with Crippen molar-refractivity contribution in [2.24, 2.45) is 5.73 Å². The fraction of sp³-hybridized carbons (Fsp3) is 0.214. The third-order valence-electron chi connectivity index (χ3n) is 2.75. The smallest absolute Gasteiger partial charge is 0.331 e. The summed E-state index contributed by atoms with van der Waals surface area (Å²) >= 11 is 0. The standard InChI is InChI=1S/C14H15N3O3/c1-10-2-7-13(17(18)19)14(16-10)20-12-5-3-11(4-6-12)8-9-15/h2-7H,8-9,15H2,1H3. The minimum absolute atomic E-state index is 0.00146. The topological polar surface area (TPSA) is 91.3 Å². The van der Waals surface area contributed by atoms with E-state index in [-0.39, 0.29) is 11.6 Å². The maximum absolute atomic E-state index is 10.9. The molecule has 0 aliphatic carbocycles. The molecule has 6 heteroatoms. The number of benzene rings is 1. The third kappa shape index (κ3) is 3.30. The molecule has 1 heterocycles. The normalized spacial score (nSPS) is 10.3. The molecule has 1 aromatic carbocycles. The van der Waals surface area contributed by atoms with E-state index >= 15 is 0 Å². The van der Waals surface area contributed by atoms with Gasteiger partial charge in [-0.25, -0.2) is 4.98 Å². The quantitative estimate of drug-likeness (QED) is 0.667. The molecule has 1 aromatic heterocycles. The van der Waals surface area contributed by atoms with Crippen molar-refractivity contribution in [3.8, 4) is 11.6 Å². The lowest BCUT2D eigenvalue weighted by Gasteiger charge is -2.07. The van der Waals surface area contributed by atoms with Crippen LogP contribution < -0.4 is 10.5 Å². The molecule has 0 bridgehead atoms. The van der Waals surface area contributed by atoms with Gasteiger partial charge in [-0.1, -0.05) is 12.1 Å². The van der Waals surface area contributed by atoms with E-state index in [0.717, 1.165) is 12.0 Å². The molecule has 20 heavy (non-hydrogen) atoms. The molecule has 6 nitrogen and oxygen atoms in total. The van der Waals surface area contributed by atoms with Crippen molar-refractivity contribution < 1.29 is 9.66 Å². The SMILES string of the molecule is Cc1ccc([N+](=O)[O-])c(Oc2ccc(CCN)cc2)n1. The Labute approximate surface area is 116 Å². The van der Waals surface area contributed by atoms with Gasteiger partial charge in [0, 0.05) is 11.8 Å². The van der Waals surface area contributed by atoms with Crippen molar-refractivity contribution in [3.63, 3.8) is 0 Å². The average molecular weight is 273 g/mol. The van der Waals surface area contributed by atoms with E-state index in [2.05, 4.69) is 4.98 Å². The van der Waals surface area contributed by atoms with E-state index in [9.17, 15) is 10.1 Å². The lowest BCUT2D eigenvalue weighted by Crippen LogP contribution is -2.02. The molecule has 0 radical (unpaired) electrons. The van der Waals surface area contributed by atoms with Gasteiger partial charge >= 0.3 is 5.69 Å². The number of aryl methyl sites for hydroxylation is 1. The van der Waals surface area contributed by atoms with Crippen LogP contribution in [0, 0.1) is 17.0 Å². The highest BCUT2D eigenvalue weighted by Crippen LogP contribution is 2.29. The van der Waals surface area contributed by atoms with E-state index in [1.54, 1.807) is 25.1 Å². The molecule has 2 N–H and O–H groups in total. The molecule has 0 aliphatic rings. The number of nitrogens with two attached hydrogens (primary N) is 1. The molecule has 0 unspecified atom stereocenters. The van der Waals surface area contributed by atoms with E-state index < -0.39 is 4.92 Å². The van der Waals surface area contributed by atoms with Crippen LogP contribution in [0.25, 0.3) is 0 Å². The summed E-state index contributed by atoms with van der Waals surface area (Å²) in [5.41, 5.74) is 7.07. The molecular weight excluding hydrogens is 258 g/mol. The van der Waals surface area contributed by atoms with Crippen molar-refractivity contribution in [3.05, 3.63) is 57.8 Å². The monoisotopic (exact) mass is 273 g/mol. The number of rotatable bonds is 5. The second kappa shape index (κ2) is 6.12. The minimum Gasteiger partial charge on any atom is -0.434 e. The van der Waals surface area contributed by atoms with Crippen molar-refractivity contribution in [1.29, 1.82) is 0 Å². The van der Waals surface area contributed by atoms with Gasteiger partial charge in [0.05, 0.1) is 4.92 Å². The van der Waals surface area contributed by atoms with Crippen LogP contribution in [0.3, 0.4) is 0 Å². The van der Waals surface area contributed by atoms with E-state index in [1.807, 2.05) is 12.1 Å². The Morgan fingerprint density at radius 3 is 2.55 bits per heavy atom. The highest BCUT2D eigenvalue weighted by Gasteiger charge is 2.17. The van der Waals surface area contributed by atoms with Crippen LogP contribution in [-0.2, 0) is 6.42 Å². The Kier molecular flexibility index (Phi) is 4.27. The van der Waals surface area contributed by atoms with Crippen LogP contribution in [0.1, 0.15) is 11.3 Å². The maximum Gasteiger partial charge on any atom is 0.331 e. The molecule has 0 aliphatic heterocycles. The second-order valence-electron chi connectivity index (χ2n) is 4.32. The summed E-state index contributed by atoms with van der Waals surface area (Å²) in [4.78, 5) is 14.5. The van der Waals surface area contributed by atoms with Gasteiger partial charge in [0.2, 0.25) is 0 Å². The van der Waals surface area contributed by atoms with Crippen molar-refractivity contribution in [1.82, 2.24) is 4.98 Å². The zero-order chi connectivity index (χ0) is 14.5. The number of nitro groups is 1. The van der Waals surface area contributed by atoms with Gasteiger partial charge in [0.15, 0.2) is 0 Å². The van der Waals surface area contributed by atoms with Crippen molar-refractivity contribution in [2.75, 3.05) is 6.54 Å². The van der Waals surface area contributed by atoms with Crippen LogP contribution >= 0.6 is 0 Å². The van der Waals surface area contributed by atoms with Crippen LogP contribution in [0.2, 0.25) is 0 Å². The largest absolute Gasteiger partial charge is 0.434 e. The van der Waals surface area contributed by atoms with E-state index in [1.165, 1.54) is 6.07 Å². The number of ether oxygens (including phenoxy) is 1. The molecule has 0 saturated carbocycles. The van der Waals surface area contributed by atoms with Crippen LogP contribution in [0.4, 0.5) is 5.69 Å². The number of hydrogen-bond acceptors (Lipinski definition) is 5. The van der Waals surface area contributed by atoms with Gasteiger partial charge in [-0.3, -0.25) is 10.1 Å². The molecule has 0 atom stereocenters. The maximum atomic E-state index is 10.9. The Morgan fingerprint density at radius 2 is 1.95 bits per heavy atom. The summed E-state index contributed by atoms with van der Waals surface area (Å²) in [7, 11) is 0. The summed E-state index contributed by atoms with van der Waals surface area (Å²) in [6, 6.07) is 10.2. The first kappa shape index (κ1) is 14.0. The summed E-state index contributed by atoms with van der Waals surface area (Å²) in [6.45, 7) is 2.33. The van der Waals surface area contributed by atoms with Crippen molar-refractivity contribution in [2.45, 2.75) is 13.3 Å². The van der Waals surface area contributed by atoms with Crippen LogP contribution in [-0.4, -0.2) is 16.5 Å². The molecule has 2 rings (SSSR count). The van der Waals surface area contributed by atoms with Gasteiger partial charge in [0.25, 0.3) is 5.88 Å². The third-order valence-corrected chi connectivity index (χ3v) is 2.75.